The number of hydrogen-bond acceptors (Lipinski definition) is 5. The molecule has 110 valence electrons. The van der Waals surface area contributed by atoms with Crippen LogP contribution in [0.1, 0.15) is 35.8 Å². The van der Waals surface area contributed by atoms with Gasteiger partial charge in [0.05, 0.1) is 0 Å². The maximum atomic E-state index is 12.9. The number of nitrogens with zero attached hydrogens (tertiary/aromatic N) is 2. The minimum atomic E-state index is -4.41. The number of carbonyl (C=O) groups excluding carboxylic acids is 1. The third-order valence-electron chi connectivity index (χ3n) is 3.54. The molecule has 0 unspecified atom stereocenters. The van der Waals surface area contributed by atoms with Crippen molar-refractivity contribution in [1.29, 1.82) is 0 Å². The zero-order chi connectivity index (χ0) is 14.5. The van der Waals surface area contributed by atoms with Gasteiger partial charge in [0.25, 0.3) is 0 Å². The van der Waals surface area contributed by atoms with Gasteiger partial charge >= 0.3 is 25.0 Å². The van der Waals surface area contributed by atoms with Gasteiger partial charge in [0.2, 0.25) is 0 Å². The first-order valence-electron chi connectivity index (χ1n) is 6.37. The van der Waals surface area contributed by atoms with Crippen LogP contribution in [-0.4, -0.2) is 24.0 Å². The summed E-state index contributed by atoms with van der Waals surface area (Å²) >= 11 is 1.09. The van der Waals surface area contributed by atoms with Gasteiger partial charge in [-0.2, -0.15) is 13.2 Å². The standard InChI is InChI=1S/C12H13F3N2O2S.Li/c13-12(14,15)10-9(7-1-2-7)20-11(16-10)17-4-6(5-17)3-8(18)19;/h6-7H,1-5H2,(H,18,19);/q;+1/p-1. The van der Waals surface area contributed by atoms with Crippen molar-refractivity contribution in [2.45, 2.75) is 31.4 Å². The number of hydrogen-bond donors (Lipinski definition) is 0. The quantitative estimate of drug-likeness (QED) is 0.643. The summed E-state index contributed by atoms with van der Waals surface area (Å²) in [6.45, 7) is 0.867. The summed E-state index contributed by atoms with van der Waals surface area (Å²) in [4.78, 5) is 16.2. The van der Waals surface area contributed by atoms with Crippen LogP contribution in [0.15, 0.2) is 0 Å². The number of carbonyl (C=O) groups is 1. The average molecular weight is 312 g/mol. The Morgan fingerprint density at radius 1 is 1.38 bits per heavy atom. The molecule has 2 heterocycles. The van der Waals surface area contributed by atoms with Crippen LogP contribution < -0.4 is 28.9 Å². The third-order valence-corrected chi connectivity index (χ3v) is 4.82. The Bertz CT molecular complexity index is 539. The smallest absolute Gasteiger partial charge is 0.550 e. The molecule has 0 amide bonds. The Hall–Kier alpha value is -0.713. The van der Waals surface area contributed by atoms with Crippen molar-refractivity contribution in [2.75, 3.05) is 18.0 Å². The van der Waals surface area contributed by atoms with Crippen LogP contribution in [0.2, 0.25) is 0 Å². The van der Waals surface area contributed by atoms with Crippen LogP contribution in [0.3, 0.4) is 0 Å². The SMILES string of the molecule is O=C([O-])CC1CN(c2nc(C(F)(F)F)c(C3CC3)s2)C1.[Li+]. The Balaban J connectivity index is 0.00000161. The predicted molar refractivity (Wildman–Crippen MR) is 64.4 cm³/mol. The average Bonchev–Trinajstić information content (AvgIpc) is 3.01. The number of aliphatic carboxylic acids is 1. The van der Waals surface area contributed by atoms with Gasteiger partial charge in [-0.3, -0.25) is 0 Å². The van der Waals surface area contributed by atoms with E-state index in [1.807, 2.05) is 0 Å². The summed E-state index contributed by atoms with van der Waals surface area (Å²) in [7, 11) is 0. The second-order valence-corrected chi connectivity index (χ2v) is 6.34. The fourth-order valence-electron chi connectivity index (χ4n) is 2.37. The van der Waals surface area contributed by atoms with Crippen molar-refractivity contribution >= 4 is 22.4 Å². The molecule has 2 fully saturated rings. The van der Waals surface area contributed by atoms with Crippen LogP contribution >= 0.6 is 11.3 Å². The summed E-state index contributed by atoms with van der Waals surface area (Å²) in [5.74, 6) is -1.18. The first-order chi connectivity index (χ1) is 9.34. The second kappa shape index (κ2) is 5.82. The van der Waals surface area contributed by atoms with Crippen molar-refractivity contribution in [2.24, 2.45) is 5.92 Å². The minimum Gasteiger partial charge on any atom is -0.550 e. The van der Waals surface area contributed by atoms with Crippen molar-refractivity contribution in [3.8, 4) is 0 Å². The molecule has 4 nitrogen and oxygen atoms in total. The van der Waals surface area contributed by atoms with Crippen LogP contribution in [0.5, 0.6) is 0 Å². The largest absolute Gasteiger partial charge is 1.00 e. The molecule has 1 saturated heterocycles. The first-order valence-corrected chi connectivity index (χ1v) is 7.19. The molecular formula is C12H12F3LiN2O2S. The van der Waals surface area contributed by atoms with Gasteiger partial charge in [0.15, 0.2) is 10.8 Å². The molecule has 0 bridgehead atoms. The van der Waals surface area contributed by atoms with E-state index in [0.29, 0.717) is 23.1 Å². The summed E-state index contributed by atoms with van der Waals surface area (Å²) in [6.07, 6.45) is -2.89. The molecular weight excluding hydrogens is 300 g/mol. The Labute approximate surface area is 135 Å². The van der Waals surface area contributed by atoms with E-state index in [2.05, 4.69) is 4.98 Å². The predicted octanol–water partition coefficient (Wildman–Crippen LogP) is -1.38. The number of rotatable bonds is 4. The Morgan fingerprint density at radius 2 is 2.00 bits per heavy atom. The van der Waals surface area contributed by atoms with E-state index in [4.69, 9.17) is 0 Å². The number of alkyl halides is 3. The topological polar surface area (TPSA) is 56.3 Å². The van der Waals surface area contributed by atoms with Crippen LogP contribution in [0.4, 0.5) is 18.3 Å². The van der Waals surface area contributed by atoms with Gasteiger partial charge in [0.1, 0.15) is 0 Å². The molecule has 3 rings (SSSR count). The molecule has 1 aliphatic carbocycles. The summed E-state index contributed by atoms with van der Waals surface area (Å²) in [5, 5.41) is 10.8. The van der Waals surface area contributed by atoms with Gasteiger partial charge in [0, 0.05) is 23.9 Å². The van der Waals surface area contributed by atoms with Crippen molar-refractivity contribution < 1.29 is 41.9 Å². The van der Waals surface area contributed by atoms with Gasteiger partial charge in [-0.1, -0.05) is 0 Å². The first kappa shape index (κ1) is 16.7. The fourth-order valence-corrected chi connectivity index (χ4v) is 3.64. The Kier molecular flexibility index (Phi) is 4.62. The number of halogens is 3. The van der Waals surface area contributed by atoms with Gasteiger partial charge in [-0.15, -0.1) is 11.3 Å². The van der Waals surface area contributed by atoms with Crippen molar-refractivity contribution in [3.63, 3.8) is 0 Å². The minimum absolute atomic E-state index is 0. The zero-order valence-electron chi connectivity index (χ0n) is 11.4. The van der Waals surface area contributed by atoms with E-state index >= 15 is 0 Å². The monoisotopic (exact) mass is 312 g/mol. The molecule has 0 atom stereocenters. The molecule has 0 aromatic carbocycles. The van der Waals surface area contributed by atoms with Gasteiger partial charge in [-0.05, 0) is 31.1 Å². The summed E-state index contributed by atoms with van der Waals surface area (Å²) in [6, 6.07) is 0. The second-order valence-electron chi connectivity index (χ2n) is 5.33. The van der Waals surface area contributed by atoms with E-state index in [1.165, 1.54) is 0 Å². The number of carboxylic acid groups (broad SMARTS) is 1. The van der Waals surface area contributed by atoms with E-state index in [0.717, 1.165) is 24.2 Å². The fraction of sp³-hybridized carbons (Fsp3) is 0.667. The van der Waals surface area contributed by atoms with Crippen LogP contribution in [-0.2, 0) is 11.0 Å². The van der Waals surface area contributed by atoms with Crippen molar-refractivity contribution in [1.82, 2.24) is 4.98 Å². The normalized spacial score (nSPS) is 19.1. The van der Waals surface area contributed by atoms with Crippen LogP contribution in [0.25, 0.3) is 0 Å². The van der Waals surface area contributed by atoms with Crippen LogP contribution in [0, 0.1) is 5.92 Å². The summed E-state index contributed by atoms with van der Waals surface area (Å²) < 4.78 is 38.8. The number of aromatic nitrogens is 1. The molecule has 0 N–H and O–H groups in total. The maximum Gasteiger partial charge on any atom is 1.00 e. The van der Waals surface area contributed by atoms with E-state index in [-0.39, 0.29) is 37.1 Å². The third kappa shape index (κ3) is 3.55. The van der Waals surface area contributed by atoms with E-state index in [9.17, 15) is 23.1 Å². The van der Waals surface area contributed by atoms with Gasteiger partial charge < -0.3 is 14.8 Å². The zero-order valence-corrected chi connectivity index (χ0v) is 12.3. The Morgan fingerprint density at radius 3 is 2.48 bits per heavy atom. The number of anilines is 1. The molecule has 1 aliphatic heterocycles. The molecule has 9 heteroatoms. The molecule has 21 heavy (non-hydrogen) atoms. The van der Waals surface area contributed by atoms with E-state index in [1.54, 1.807) is 4.90 Å². The number of carboxylic acids is 1. The number of thiazole rings is 1. The molecule has 0 spiro atoms. The molecule has 2 aliphatic rings. The van der Waals surface area contributed by atoms with Crippen molar-refractivity contribution in [3.05, 3.63) is 10.6 Å². The maximum absolute atomic E-state index is 12.9. The van der Waals surface area contributed by atoms with E-state index < -0.39 is 17.8 Å². The summed E-state index contributed by atoms with van der Waals surface area (Å²) in [5.41, 5.74) is -0.761. The van der Waals surface area contributed by atoms with Gasteiger partial charge in [-0.25, -0.2) is 4.98 Å². The molecule has 0 radical (unpaired) electrons. The molecule has 1 aromatic rings. The molecule has 1 aromatic heterocycles. The molecule has 1 saturated carbocycles.